The molecule has 0 aromatic heterocycles. The van der Waals surface area contributed by atoms with Gasteiger partial charge in [0, 0.05) is 17.4 Å². The van der Waals surface area contributed by atoms with E-state index in [0.717, 1.165) is 4.47 Å². The molecule has 0 saturated carbocycles. The zero-order valence-corrected chi connectivity index (χ0v) is 12.2. The number of nitriles is 1. The Morgan fingerprint density at radius 1 is 1.35 bits per heavy atom. The Kier molecular flexibility index (Phi) is 6.53. The number of aliphatic carboxylic acids is 1. The van der Waals surface area contributed by atoms with Crippen molar-refractivity contribution in [2.75, 3.05) is 11.9 Å². The van der Waals surface area contributed by atoms with Gasteiger partial charge in [0.05, 0.1) is 11.3 Å². The smallest absolute Gasteiger partial charge is 0.319 e. The van der Waals surface area contributed by atoms with E-state index in [0.29, 0.717) is 30.6 Å². The van der Waals surface area contributed by atoms with Gasteiger partial charge in [-0.3, -0.25) is 4.79 Å². The second-order valence-electron chi connectivity index (χ2n) is 4.03. The molecular formula is C13H14BrN3O3. The predicted octanol–water partition coefficient (Wildman–Crippen LogP) is 2.70. The van der Waals surface area contributed by atoms with Crippen molar-refractivity contribution >= 4 is 33.6 Å². The average molecular weight is 340 g/mol. The van der Waals surface area contributed by atoms with Gasteiger partial charge in [-0.25, -0.2) is 4.79 Å². The van der Waals surface area contributed by atoms with Gasteiger partial charge in [0.1, 0.15) is 6.07 Å². The summed E-state index contributed by atoms with van der Waals surface area (Å²) in [6.07, 6.45) is 1.19. The van der Waals surface area contributed by atoms with Crippen LogP contribution in [-0.4, -0.2) is 23.7 Å². The summed E-state index contributed by atoms with van der Waals surface area (Å²) in [5.41, 5.74) is 0.791. The summed E-state index contributed by atoms with van der Waals surface area (Å²) >= 11 is 3.27. The molecule has 20 heavy (non-hydrogen) atoms. The fourth-order valence-corrected chi connectivity index (χ4v) is 1.85. The molecule has 0 saturated heterocycles. The topological polar surface area (TPSA) is 102 Å². The fourth-order valence-electron chi connectivity index (χ4n) is 1.49. The Bertz CT molecular complexity index is 540. The monoisotopic (exact) mass is 339 g/mol. The maximum Gasteiger partial charge on any atom is 0.319 e. The van der Waals surface area contributed by atoms with Crippen LogP contribution in [-0.2, 0) is 4.79 Å². The van der Waals surface area contributed by atoms with Gasteiger partial charge in [0.15, 0.2) is 0 Å². The molecule has 0 aliphatic rings. The van der Waals surface area contributed by atoms with Crippen LogP contribution in [0.15, 0.2) is 22.7 Å². The van der Waals surface area contributed by atoms with Crippen molar-refractivity contribution in [1.29, 1.82) is 5.26 Å². The van der Waals surface area contributed by atoms with Crippen molar-refractivity contribution in [2.24, 2.45) is 0 Å². The molecule has 0 radical (unpaired) electrons. The third kappa shape index (κ3) is 5.71. The van der Waals surface area contributed by atoms with Crippen LogP contribution in [0.5, 0.6) is 0 Å². The maximum atomic E-state index is 11.6. The number of nitrogens with one attached hydrogen (secondary N) is 2. The number of unbranched alkanes of at least 4 members (excludes halogenated alkanes) is 1. The summed E-state index contributed by atoms with van der Waals surface area (Å²) in [6, 6.07) is 6.53. The van der Waals surface area contributed by atoms with Crippen molar-refractivity contribution in [3.8, 4) is 6.07 Å². The number of benzene rings is 1. The van der Waals surface area contributed by atoms with Crippen LogP contribution in [0.25, 0.3) is 0 Å². The van der Waals surface area contributed by atoms with Crippen molar-refractivity contribution in [3.05, 3.63) is 28.2 Å². The molecule has 7 heteroatoms. The Morgan fingerprint density at radius 3 is 2.75 bits per heavy atom. The Labute approximate surface area is 124 Å². The predicted molar refractivity (Wildman–Crippen MR) is 77.4 cm³/mol. The molecule has 106 valence electrons. The SMILES string of the molecule is N#Cc1ccc(Br)cc1NC(=O)NCCCCC(=O)O. The summed E-state index contributed by atoms with van der Waals surface area (Å²) in [5, 5.41) is 22.6. The zero-order chi connectivity index (χ0) is 15.0. The Balaban J connectivity index is 2.41. The van der Waals surface area contributed by atoms with E-state index >= 15 is 0 Å². The minimum absolute atomic E-state index is 0.0908. The van der Waals surface area contributed by atoms with E-state index in [1.807, 2.05) is 6.07 Å². The van der Waals surface area contributed by atoms with Gasteiger partial charge in [-0.15, -0.1) is 0 Å². The number of carboxylic acids is 1. The van der Waals surface area contributed by atoms with Crippen LogP contribution in [0.3, 0.4) is 0 Å². The lowest BCUT2D eigenvalue weighted by molar-refractivity contribution is -0.137. The van der Waals surface area contributed by atoms with Crippen molar-refractivity contribution < 1.29 is 14.7 Å². The molecule has 0 bridgehead atoms. The van der Waals surface area contributed by atoms with Gasteiger partial charge in [0.2, 0.25) is 0 Å². The lowest BCUT2D eigenvalue weighted by atomic mass is 10.2. The zero-order valence-electron chi connectivity index (χ0n) is 10.6. The molecule has 2 amide bonds. The highest BCUT2D eigenvalue weighted by Gasteiger charge is 2.07. The number of carboxylic acid groups (broad SMARTS) is 1. The number of amides is 2. The van der Waals surface area contributed by atoms with Crippen LogP contribution >= 0.6 is 15.9 Å². The molecule has 0 aliphatic carbocycles. The minimum atomic E-state index is -0.845. The number of carbonyl (C=O) groups is 2. The van der Waals surface area contributed by atoms with Crippen LogP contribution < -0.4 is 10.6 Å². The number of nitrogens with zero attached hydrogens (tertiary/aromatic N) is 1. The number of hydrogen-bond donors (Lipinski definition) is 3. The number of rotatable bonds is 6. The summed E-state index contributed by atoms with van der Waals surface area (Å²) < 4.78 is 0.758. The van der Waals surface area contributed by atoms with Crippen LogP contribution in [0.4, 0.5) is 10.5 Å². The highest BCUT2D eigenvalue weighted by Crippen LogP contribution is 2.20. The number of urea groups is 1. The molecule has 0 unspecified atom stereocenters. The standard InChI is InChI=1S/C13H14BrN3O3/c14-10-5-4-9(8-15)11(7-10)17-13(20)16-6-2-1-3-12(18)19/h4-5,7H,1-3,6H2,(H,18,19)(H2,16,17,20). The first-order valence-corrected chi connectivity index (χ1v) is 6.78. The lowest BCUT2D eigenvalue weighted by Gasteiger charge is -2.09. The lowest BCUT2D eigenvalue weighted by Crippen LogP contribution is -2.29. The third-order valence-electron chi connectivity index (χ3n) is 2.45. The summed E-state index contributed by atoms with van der Waals surface area (Å²) in [7, 11) is 0. The Morgan fingerprint density at radius 2 is 2.10 bits per heavy atom. The van der Waals surface area contributed by atoms with E-state index in [1.165, 1.54) is 0 Å². The molecule has 1 aromatic carbocycles. The van der Waals surface area contributed by atoms with E-state index in [9.17, 15) is 9.59 Å². The van der Waals surface area contributed by atoms with Crippen LogP contribution in [0.1, 0.15) is 24.8 Å². The van der Waals surface area contributed by atoms with E-state index in [-0.39, 0.29) is 6.42 Å². The molecule has 0 aliphatic heterocycles. The van der Waals surface area contributed by atoms with Crippen LogP contribution in [0.2, 0.25) is 0 Å². The second kappa shape index (κ2) is 8.17. The molecule has 0 heterocycles. The quantitative estimate of drug-likeness (QED) is 0.693. The second-order valence-corrected chi connectivity index (χ2v) is 4.95. The minimum Gasteiger partial charge on any atom is -0.481 e. The molecule has 0 spiro atoms. The van der Waals surface area contributed by atoms with Crippen molar-refractivity contribution in [2.45, 2.75) is 19.3 Å². The fraction of sp³-hybridized carbons (Fsp3) is 0.308. The number of halogens is 1. The van der Waals surface area contributed by atoms with Gasteiger partial charge in [-0.05, 0) is 31.0 Å². The first kappa shape index (κ1) is 16.0. The molecule has 6 nitrogen and oxygen atoms in total. The van der Waals surface area contributed by atoms with E-state index in [4.69, 9.17) is 10.4 Å². The largest absolute Gasteiger partial charge is 0.481 e. The molecule has 0 atom stereocenters. The number of anilines is 1. The van der Waals surface area contributed by atoms with Crippen molar-refractivity contribution in [3.63, 3.8) is 0 Å². The first-order valence-electron chi connectivity index (χ1n) is 5.99. The van der Waals surface area contributed by atoms with E-state index < -0.39 is 12.0 Å². The van der Waals surface area contributed by atoms with E-state index in [1.54, 1.807) is 18.2 Å². The Hall–Kier alpha value is -2.07. The maximum absolute atomic E-state index is 11.6. The molecular weight excluding hydrogens is 326 g/mol. The number of hydrogen-bond acceptors (Lipinski definition) is 3. The van der Waals surface area contributed by atoms with Crippen LogP contribution in [0, 0.1) is 11.3 Å². The van der Waals surface area contributed by atoms with Gasteiger partial charge in [-0.2, -0.15) is 5.26 Å². The average Bonchev–Trinajstić information content (AvgIpc) is 2.38. The van der Waals surface area contributed by atoms with E-state index in [2.05, 4.69) is 26.6 Å². The molecule has 1 aromatic rings. The number of carbonyl (C=O) groups excluding carboxylic acids is 1. The normalized spacial score (nSPS) is 9.60. The van der Waals surface area contributed by atoms with Gasteiger partial charge < -0.3 is 15.7 Å². The summed E-state index contributed by atoms with van der Waals surface area (Å²) in [6.45, 7) is 0.384. The molecule has 3 N–H and O–H groups in total. The summed E-state index contributed by atoms with van der Waals surface area (Å²) in [4.78, 5) is 21.9. The van der Waals surface area contributed by atoms with Crippen molar-refractivity contribution in [1.82, 2.24) is 5.32 Å². The van der Waals surface area contributed by atoms with Gasteiger partial charge in [-0.1, -0.05) is 15.9 Å². The molecule has 0 fully saturated rings. The highest BCUT2D eigenvalue weighted by molar-refractivity contribution is 9.10. The molecule has 1 rings (SSSR count). The summed E-state index contributed by atoms with van der Waals surface area (Å²) in [5.74, 6) is -0.845. The van der Waals surface area contributed by atoms with Gasteiger partial charge in [0.25, 0.3) is 0 Å². The third-order valence-corrected chi connectivity index (χ3v) is 2.95. The first-order chi connectivity index (χ1) is 9.52. The highest BCUT2D eigenvalue weighted by atomic mass is 79.9. The van der Waals surface area contributed by atoms with Gasteiger partial charge >= 0.3 is 12.0 Å².